The Balaban J connectivity index is 1.57. The summed E-state index contributed by atoms with van der Waals surface area (Å²) in [7, 11) is 0. The molecule has 180 valence electrons. The summed E-state index contributed by atoms with van der Waals surface area (Å²) < 4.78 is 5.77. The summed E-state index contributed by atoms with van der Waals surface area (Å²) in [5.74, 6) is -0.326. The Bertz CT molecular complexity index is 956. The summed E-state index contributed by atoms with van der Waals surface area (Å²) in [5, 5.41) is 0.497. The van der Waals surface area contributed by atoms with Gasteiger partial charge >= 0.3 is 5.97 Å². The van der Waals surface area contributed by atoms with Gasteiger partial charge in [-0.15, -0.1) is 0 Å². The Morgan fingerprint density at radius 3 is 2.48 bits per heavy atom. The maximum atomic E-state index is 12.6. The van der Waals surface area contributed by atoms with E-state index in [4.69, 9.17) is 16.3 Å². The number of hydrogen-bond acceptors (Lipinski definition) is 5. The van der Waals surface area contributed by atoms with Crippen LogP contribution in [0.15, 0.2) is 12.1 Å². The number of ether oxygens (including phenoxy) is 1. The van der Waals surface area contributed by atoms with Crippen LogP contribution in [0.25, 0.3) is 0 Å². The van der Waals surface area contributed by atoms with Crippen LogP contribution in [0.2, 0.25) is 5.15 Å². The van der Waals surface area contributed by atoms with Crippen LogP contribution >= 0.6 is 11.6 Å². The molecule has 0 N–H and O–H groups in total. The Kier molecular flexibility index (Phi) is 6.26. The molecule has 5 nitrogen and oxygen atoms in total. The van der Waals surface area contributed by atoms with E-state index in [9.17, 15) is 14.4 Å². The smallest absolute Gasteiger partial charge is 0.311 e. The van der Waals surface area contributed by atoms with Gasteiger partial charge in [-0.1, -0.05) is 31.5 Å². The van der Waals surface area contributed by atoms with Crippen molar-refractivity contribution in [3.63, 3.8) is 0 Å². The van der Waals surface area contributed by atoms with Crippen molar-refractivity contribution in [3.8, 4) is 0 Å². The van der Waals surface area contributed by atoms with Gasteiger partial charge in [0.1, 0.15) is 23.8 Å². The Hall–Kier alpha value is -1.75. The summed E-state index contributed by atoms with van der Waals surface area (Å²) >= 11 is 6.22. The van der Waals surface area contributed by atoms with E-state index >= 15 is 0 Å². The molecule has 33 heavy (non-hydrogen) atoms. The first kappa shape index (κ1) is 24.4. The van der Waals surface area contributed by atoms with Crippen LogP contribution in [0, 0.1) is 34.5 Å². The van der Waals surface area contributed by atoms with Gasteiger partial charge < -0.3 is 14.3 Å². The molecule has 0 unspecified atom stereocenters. The first-order valence-electron chi connectivity index (χ1n) is 12.2. The average Bonchev–Trinajstić information content (AvgIpc) is 3.05. The zero-order valence-electron chi connectivity index (χ0n) is 20.4. The first-order valence-corrected chi connectivity index (χ1v) is 12.6. The number of carbonyl (C=O) groups excluding carboxylic acids is 3. The minimum atomic E-state index is -0.567. The predicted octanol–water partition coefficient (Wildman–Crippen LogP) is 5.35. The number of aldehydes is 2. The van der Waals surface area contributed by atoms with E-state index in [-0.39, 0.29) is 46.6 Å². The number of aromatic nitrogens is 1. The molecule has 7 atom stereocenters. The third-order valence-corrected chi connectivity index (χ3v) is 9.28. The van der Waals surface area contributed by atoms with E-state index in [1.165, 1.54) is 5.56 Å². The molecule has 4 rings (SSSR count). The second-order valence-corrected chi connectivity index (χ2v) is 12.4. The second-order valence-electron chi connectivity index (χ2n) is 12.0. The van der Waals surface area contributed by atoms with Crippen LogP contribution in [0.5, 0.6) is 0 Å². The van der Waals surface area contributed by atoms with E-state index < -0.39 is 5.41 Å². The molecule has 1 heterocycles. The number of fused-ring (bicyclic) bond motifs is 3. The van der Waals surface area contributed by atoms with Gasteiger partial charge in [0, 0.05) is 17.3 Å². The molecule has 3 aliphatic rings. The highest BCUT2D eigenvalue weighted by Crippen LogP contribution is 2.60. The van der Waals surface area contributed by atoms with Gasteiger partial charge in [-0.3, -0.25) is 4.79 Å². The molecule has 2 saturated carbocycles. The molecule has 6 heteroatoms. The van der Waals surface area contributed by atoms with Crippen LogP contribution < -0.4 is 0 Å². The summed E-state index contributed by atoms with van der Waals surface area (Å²) in [6.45, 7) is 9.93. The fourth-order valence-corrected chi connectivity index (χ4v) is 7.09. The van der Waals surface area contributed by atoms with Crippen molar-refractivity contribution in [3.05, 3.63) is 28.5 Å². The third-order valence-electron chi connectivity index (χ3n) is 9.07. The number of carbonyl (C=O) groups is 3. The molecular formula is C27H36ClNO4. The van der Waals surface area contributed by atoms with Gasteiger partial charge in [-0.25, -0.2) is 4.98 Å². The van der Waals surface area contributed by atoms with Gasteiger partial charge in [0.15, 0.2) is 0 Å². The van der Waals surface area contributed by atoms with Crippen LogP contribution in [-0.2, 0) is 31.0 Å². The quantitative estimate of drug-likeness (QED) is 0.334. The van der Waals surface area contributed by atoms with Crippen LogP contribution in [0.3, 0.4) is 0 Å². The van der Waals surface area contributed by atoms with E-state index in [1.54, 1.807) is 0 Å². The summed E-state index contributed by atoms with van der Waals surface area (Å²) in [5.41, 5.74) is 1.20. The van der Waals surface area contributed by atoms with E-state index in [1.807, 2.05) is 26.8 Å². The monoisotopic (exact) mass is 473 g/mol. The summed E-state index contributed by atoms with van der Waals surface area (Å²) in [6, 6.07) is 3.88. The average molecular weight is 474 g/mol. The first-order chi connectivity index (χ1) is 15.4. The Labute approximate surface area is 202 Å². The van der Waals surface area contributed by atoms with Crippen LogP contribution in [-0.4, -0.2) is 29.6 Å². The normalized spacial score (nSPS) is 38.2. The molecule has 0 aromatic carbocycles. The highest BCUT2D eigenvalue weighted by molar-refractivity contribution is 6.29. The van der Waals surface area contributed by atoms with Crippen molar-refractivity contribution in [1.82, 2.24) is 4.98 Å². The highest BCUT2D eigenvalue weighted by atomic mass is 35.5. The lowest BCUT2D eigenvalue weighted by Crippen LogP contribution is -2.52. The summed E-state index contributed by atoms with van der Waals surface area (Å²) in [4.78, 5) is 41.9. The molecule has 0 bridgehead atoms. The summed E-state index contributed by atoms with van der Waals surface area (Å²) in [6.07, 6.45) is 6.58. The molecule has 0 aliphatic heterocycles. The van der Waals surface area contributed by atoms with Crippen LogP contribution in [0.4, 0.5) is 0 Å². The minimum Gasteiger partial charge on any atom is -0.462 e. The Morgan fingerprint density at radius 1 is 1.12 bits per heavy atom. The predicted molar refractivity (Wildman–Crippen MR) is 127 cm³/mol. The lowest BCUT2D eigenvalue weighted by molar-refractivity contribution is -0.166. The standard InChI is InChI=1S/C27H36ClNO4/c1-25(2,3)24(32)33-18-8-10-26(4,17(13-18)14-30)20-9-11-27(5)21(19(20)15-31)12-16-6-7-22(28)29-23(16)27/h6-7,14-15,17-21H,8-13H2,1-5H3/t17-,18+,19-,20+,21+,26+,27+/m1/s1. The molecule has 0 saturated heterocycles. The molecule has 1 aromatic heterocycles. The molecule has 0 amide bonds. The van der Waals surface area contributed by atoms with E-state index in [2.05, 4.69) is 24.9 Å². The molecule has 0 spiro atoms. The van der Waals surface area contributed by atoms with Crippen molar-refractivity contribution in [2.75, 3.05) is 0 Å². The number of esters is 1. The van der Waals surface area contributed by atoms with Gasteiger partial charge in [0.2, 0.25) is 0 Å². The molecule has 0 radical (unpaired) electrons. The zero-order chi connectivity index (χ0) is 24.2. The van der Waals surface area contributed by atoms with Crippen molar-refractivity contribution < 1.29 is 19.1 Å². The fraction of sp³-hybridized carbons (Fsp3) is 0.704. The molecule has 1 aromatic rings. The van der Waals surface area contributed by atoms with E-state index in [0.29, 0.717) is 11.6 Å². The number of pyridine rings is 1. The van der Waals surface area contributed by atoms with Gasteiger partial charge in [0.25, 0.3) is 0 Å². The number of halogens is 1. The largest absolute Gasteiger partial charge is 0.462 e. The Morgan fingerprint density at radius 2 is 1.85 bits per heavy atom. The van der Waals surface area contributed by atoms with Crippen molar-refractivity contribution in [2.45, 2.75) is 84.7 Å². The maximum Gasteiger partial charge on any atom is 0.311 e. The second kappa shape index (κ2) is 8.48. The van der Waals surface area contributed by atoms with E-state index in [0.717, 1.165) is 50.4 Å². The fourth-order valence-electron chi connectivity index (χ4n) is 6.95. The SMILES string of the molecule is CC(C)(C)C(=O)O[C@H]1CC[C@](C)([C@H]2CC[C@]3(C)c4nc(Cl)ccc4C[C@H]3[C@@H]2C=O)[C@@H](C=O)C1. The van der Waals surface area contributed by atoms with Gasteiger partial charge in [-0.05, 0) is 88.2 Å². The third kappa shape index (κ3) is 4.05. The molecular weight excluding hydrogens is 438 g/mol. The lowest BCUT2D eigenvalue weighted by atomic mass is 9.50. The molecule has 2 fully saturated rings. The number of hydrogen-bond donors (Lipinski definition) is 0. The molecule has 3 aliphatic carbocycles. The lowest BCUT2D eigenvalue weighted by Gasteiger charge is -2.54. The maximum absolute atomic E-state index is 12.6. The van der Waals surface area contributed by atoms with Gasteiger partial charge in [-0.2, -0.15) is 0 Å². The number of rotatable bonds is 4. The van der Waals surface area contributed by atoms with Crippen molar-refractivity contribution >= 4 is 30.1 Å². The topological polar surface area (TPSA) is 73.3 Å². The highest BCUT2D eigenvalue weighted by Gasteiger charge is 2.58. The van der Waals surface area contributed by atoms with Crippen molar-refractivity contribution in [1.29, 1.82) is 0 Å². The van der Waals surface area contributed by atoms with Crippen LogP contribution in [0.1, 0.15) is 78.0 Å². The number of nitrogens with zero attached hydrogens (tertiary/aromatic N) is 1. The van der Waals surface area contributed by atoms with Gasteiger partial charge in [0.05, 0.1) is 11.1 Å². The van der Waals surface area contributed by atoms with Crippen molar-refractivity contribution in [2.24, 2.45) is 34.5 Å². The zero-order valence-corrected chi connectivity index (χ0v) is 21.2. The minimum absolute atomic E-state index is 0.118.